The Hall–Kier alpha value is -2.55. The maximum absolute atomic E-state index is 14.1. The molecule has 1 saturated heterocycles. The van der Waals surface area contributed by atoms with Gasteiger partial charge in [0.15, 0.2) is 11.5 Å². The van der Waals surface area contributed by atoms with E-state index in [2.05, 4.69) is 15.1 Å². The van der Waals surface area contributed by atoms with Crippen LogP contribution in [0.2, 0.25) is 0 Å². The topological polar surface area (TPSA) is 61.5 Å². The summed E-state index contributed by atoms with van der Waals surface area (Å²) in [5, 5.41) is 4.46. The highest BCUT2D eigenvalue weighted by Gasteiger charge is 2.27. The van der Waals surface area contributed by atoms with Crippen molar-refractivity contribution in [1.29, 1.82) is 0 Å². The zero-order chi connectivity index (χ0) is 16.8. The number of nitrogens with zero attached hydrogens (tertiary/aromatic N) is 4. The summed E-state index contributed by atoms with van der Waals surface area (Å²) in [5.74, 6) is -1.22. The highest BCUT2D eigenvalue weighted by atomic mass is 19.1. The molecule has 0 bridgehead atoms. The number of fused-ring (bicyclic) bond motifs is 1. The van der Waals surface area contributed by atoms with Gasteiger partial charge >= 0.3 is 0 Å². The van der Waals surface area contributed by atoms with Gasteiger partial charge in [-0.25, -0.2) is 18.3 Å². The zero-order valence-electron chi connectivity index (χ0n) is 12.7. The van der Waals surface area contributed by atoms with Crippen molar-refractivity contribution in [1.82, 2.24) is 19.6 Å². The molecule has 24 heavy (non-hydrogen) atoms. The van der Waals surface area contributed by atoms with Gasteiger partial charge in [0, 0.05) is 24.1 Å². The van der Waals surface area contributed by atoms with Crippen molar-refractivity contribution < 1.29 is 18.3 Å². The fourth-order valence-electron chi connectivity index (χ4n) is 2.57. The molecule has 0 aliphatic carbocycles. The van der Waals surface area contributed by atoms with E-state index in [1.807, 2.05) is 0 Å². The third-order valence-electron chi connectivity index (χ3n) is 3.91. The Morgan fingerprint density at radius 2 is 2.12 bits per heavy atom. The molecule has 1 unspecified atom stereocenters. The number of aromatic nitrogens is 4. The number of halogens is 2. The molecule has 9 heteroatoms. The molecule has 4 rings (SSSR count). The third-order valence-corrected chi connectivity index (χ3v) is 3.91. The molecule has 3 aromatic rings. The summed E-state index contributed by atoms with van der Waals surface area (Å²) < 4.78 is 39.7. The van der Waals surface area contributed by atoms with Crippen LogP contribution >= 0.6 is 0 Å². The van der Waals surface area contributed by atoms with Crippen molar-refractivity contribution in [2.24, 2.45) is 0 Å². The van der Waals surface area contributed by atoms with E-state index in [0.29, 0.717) is 29.8 Å². The molecule has 4 heterocycles. The lowest BCUT2D eigenvalue weighted by Crippen LogP contribution is -2.21. The van der Waals surface area contributed by atoms with Gasteiger partial charge in [0.25, 0.3) is 0 Å². The molecule has 6 nitrogen and oxygen atoms in total. The highest BCUT2D eigenvalue weighted by molar-refractivity contribution is 6.30. The van der Waals surface area contributed by atoms with E-state index in [1.54, 1.807) is 6.07 Å². The molecule has 0 N–H and O–H groups in total. The Bertz CT molecular complexity index is 943. The van der Waals surface area contributed by atoms with Crippen LogP contribution in [-0.4, -0.2) is 41.1 Å². The van der Waals surface area contributed by atoms with Gasteiger partial charge in [0.05, 0.1) is 19.9 Å². The molecular formula is C15H11BF2N4O2. The molecule has 0 amide bonds. The number of rotatable bonds is 3. The molecular weight excluding hydrogens is 317 g/mol. The maximum atomic E-state index is 14.1. The summed E-state index contributed by atoms with van der Waals surface area (Å²) >= 11 is 0. The number of ether oxygens (including phenoxy) is 2. The Kier molecular flexibility index (Phi) is 3.45. The van der Waals surface area contributed by atoms with Crippen LogP contribution in [0.3, 0.4) is 0 Å². The molecule has 120 valence electrons. The summed E-state index contributed by atoms with van der Waals surface area (Å²) in [6.07, 6.45) is 2.03. The molecule has 0 spiro atoms. The summed E-state index contributed by atoms with van der Waals surface area (Å²) in [5.41, 5.74) is 0.773. The van der Waals surface area contributed by atoms with Crippen molar-refractivity contribution in [2.45, 2.75) is 12.5 Å². The molecule has 1 atom stereocenters. The fraction of sp³-hybridized carbons (Fsp3) is 0.267. The van der Waals surface area contributed by atoms with Gasteiger partial charge in [-0.3, -0.25) is 4.98 Å². The Morgan fingerprint density at radius 1 is 1.33 bits per heavy atom. The van der Waals surface area contributed by atoms with Crippen LogP contribution < -0.4 is 10.3 Å². The van der Waals surface area contributed by atoms with Crippen LogP contribution in [-0.2, 0) is 4.74 Å². The second-order valence-electron chi connectivity index (χ2n) is 5.35. The Morgan fingerprint density at radius 3 is 2.79 bits per heavy atom. The van der Waals surface area contributed by atoms with Crippen molar-refractivity contribution in [3.8, 4) is 17.1 Å². The lowest BCUT2D eigenvalue weighted by molar-refractivity contribution is -0.0569. The van der Waals surface area contributed by atoms with Crippen LogP contribution in [0, 0.1) is 11.6 Å². The smallest absolute Gasteiger partial charge is 0.157 e. The van der Waals surface area contributed by atoms with Gasteiger partial charge in [-0.05, 0) is 0 Å². The van der Waals surface area contributed by atoms with Gasteiger partial charge in [0.2, 0.25) is 0 Å². The SMILES string of the molecule is [B]c1nc(-c2cnc3cc(OC)c(C4CCO4)nn23)c(F)cc1F. The van der Waals surface area contributed by atoms with Gasteiger partial charge < -0.3 is 9.47 Å². The summed E-state index contributed by atoms with van der Waals surface area (Å²) in [4.78, 5) is 7.96. The third kappa shape index (κ3) is 2.23. The molecule has 1 aliphatic heterocycles. The van der Waals surface area contributed by atoms with Crippen molar-refractivity contribution in [2.75, 3.05) is 13.7 Å². The van der Waals surface area contributed by atoms with Gasteiger partial charge in [0.1, 0.15) is 42.6 Å². The minimum absolute atomic E-state index is 0.125. The van der Waals surface area contributed by atoms with E-state index in [-0.39, 0.29) is 17.5 Å². The van der Waals surface area contributed by atoms with E-state index >= 15 is 0 Å². The van der Waals surface area contributed by atoms with Crippen molar-refractivity contribution in [3.63, 3.8) is 0 Å². The number of hydrogen-bond acceptors (Lipinski definition) is 5. The highest BCUT2D eigenvalue weighted by Crippen LogP contribution is 2.35. The van der Waals surface area contributed by atoms with Crippen LogP contribution in [0.25, 0.3) is 17.0 Å². The lowest BCUT2D eigenvalue weighted by Gasteiger charge is -2.26. The summed E-state index contributed by atoms with van der Waals surface area (Å²) in [6, 6.07) is 2.37. The zero-order valence-corrected chi connectivity index (χ0v) is 12.7. The number of hydrogen-bond donors (Lipinski definition) is 0. The lowest BCUT2D eigenvalue weighted by atomic mass is 10.0. The summed E-state index contributed by atoms with van der Waals surface area (Å²) in [7, 11) is 6.98. The standard InChI is InChI=1S/C15H11BF2N4O2/c1-23-11-5-12-19-6-9(13-7(17)4-8(18)15(16)20-13)22(12)21-14(11)10-2-3-24-10/h4-6,10H,2-3H2,1H3. The fourth-order valence-corrected chi connectivity index (χ4v) is 2.57. The summed E-state index contributed by atoms with van der Waals surface area (Å²) in [6.45, 7) is 0.648. The molecule has 0 aromatic carbocycles. The van der Waals surface area contributed by atoms with Crippen molar-refractivity contribution in [3.05, 3.63) is 35.7 Å². The normalized spacial score (nSPS) is 17.0. The monoisotopic (exact) mass is 328 g/mol. The first-order valence-corrected chi connectivity index (χ1v) is 7.24. The Labute approximate surface area is 136 Å². The molecule has 3 aromatic heterocycles. The molecule has 0 saturated carbocycles. The first kappa shape index (κ1) is 15.0. The average molecular weight is 328 g/mol. The molecule has 2 radical (unpaired) electrons. The maximum Gasteiger partial charge on any atom is 0.157 e. The predicted molar refractivity (Wildman–Crippen MR) is 81.4 cm³/mol. The van der Waals surface area contributed by atoms with E-state index in [9.17, 15) is 8.78 Å². The minimum atomic E-state index is -0.914. The predicted octanol–water partition coefficient (Wildman–Crippen LogP) is 1.33. The van der Waals surface area contributed by atoms with Crippen LogP contribution in [0.15, 0.2) is 18.3 Å². The first-order valence-electron chi connectivity index (χ1n) is 7.24. The van der Waals surface area contributed by atoms with E-state index in [4.69, 9.17) is 17.3 Å². The second-order valence-corrected chi connectivity index (χ2v) is 5.35. The molecule has 1 aliphatic rings. The van der Waals surface area contributed by atoms with E-state index < -0.39 is 17.2 Å². The van der Waals surface area contributed by atoms with E-state index in [0.717, 1.165) is 6.42 Å². The second kappa shape index (κ2) is 5.52. The minimum Gasteiger partial charge on any atom is -0.495 e. The first-order chi connectivity index (χ1) is 11.6. The average Bonchev–Trinajstić information content (AvgIpc) is 2.91. The van der Waals surface area contributed by atoms with Gasteiger partial charge in [-0.2, -0.15) is 5.10 Å². The van der Waals surface area contributed by atoms with Crippen LogP contribution in [0.4, 0.5) is 8.78 Å². The van der Waals surface area contributed by atoms with Crippen LogP contribution in [0.1, 0.15) is 18.2 Å². The number of imidazole rings is 1. The van der Waals surface area contributed by atoms with Gasteiger partial charge in [-0.1, -0.05) is 0 Å². The Balaban J connectivity index is 1.92. The quantitative estimate of drug-likeness (QED) is 0.679. The van der Waals surface area contributed by atoms with Crippen LogP contribution in [0.5, 0.6) is 5.75 Å². The van der Waals surface area contributed by atoms with Crippen molar-refractivity contribution >= 4 is 19.1 Å². The largest absolute Gasteiger partial charge is 0.495 e. The van der Waals surface area contributed by atoms with E-state index in [1.165, 1.54) is 17.8 Å². The number of methoxy groups -OCH3 is 1. The molecule has 1 fully saturated rings. The number of pyridine rings is 1. The van der Waals surface area contributed by atoms with Gasteiger partial charge in [-0.15, -0.1) is 0 Å².